The Hall–Kier alpha value is -4.09. The van der Waals surface area contributed by atoms with Crippen molar-refractivity contribution in [1.29, 1.82) is 0 Å². The van der Waals surface area contributed by atoms with Crippen molar-refractivity contribution in [2.24, 2.45) is 5.92 Å². The predicted octanol–water partition coefficient (Wildman–Crippen LogP) is 3.01. The zero-order valence-electron chi connectivity index (χ0n) is 26.5. The number of piperazine rings is 1. The number of anilines is 1. The number of hydrogen-bond acceptors (Lipinski definition) is 9. The van der Waals surface area contributed by atoms with Crippen LogP contribution in [-0.2, 0) is 14.4 Å². The number of aliphatic hydroxyl groups is 1. The number of benzene rings is 2. The van der Waals surface area contributed by atoms with Crippen LogP contribution in [0.2, 0.25) is 0 Å². The van der Waals surface area contributed by atoms with Crippen LogP contribution < -0.4 is 10.2 Å². The van der Waals surface area contributed by atoms with Gasteiger partial charge in [0, 0.05) is 45.0 Å². The normalized spacial score (nSPS) is 13.1. The van der Waals surface area contributed by atoms with Crippen molar-refractivity contribution in [1.82, 2.24) is 25.1 Å². The van der Waals surface area contributed by atoms with E-state index in [0.29, 0.717) is 36.8 Å². The molecule has 0 radical (unpaired) electrons. The van der Waals surface area contributed by atoms with Crippen molar-refractivity contribution in [2.75, 3.05) is 64.9 Å². The number of nitrogens with one attached hydrogen (secondary N) is 1. The van der Waals surface area contributed by atoms with E-state index in [2.05, 4.69) is 42.3 Å². The van der Waals surface area contributed by atoms with Crippen molar-refractivity contribution in [3.05, 3.63) is 48.0 Å². The summed E-state index contributed by atoms with van der Waals surface area (Å²) in [4.78, 5) is 49.4. The lowest BCUT2D eigenvalue weighted by atomic mass is 10.1. The van der Waals surface area contributed by atoms with E-state index in [4.69, 9.17) is 15.1 Å². The quantitative estimate of drug-likeness (QED) is 0.301. The maximum atomic E-state index is 12.6. The van der Waals surface area contributed by atoms with Gasteiger partial charge in [-0.25, -0.2) is 9.97 Å². The Balaban J connectivity index is 0.000000375. The molecule has 0 bridgehead atoms. The standard InChI is InChI=1S/C26H32N4O2.C7H14N2O3/c1-18(2)7-6-10-24(32)29-13-15-30(16-14-29)26-20-12-11-19(3)17-22(20)27-25(28-26)21-8-4-5-9-23(21)31;1-8-3-7(12)9(2)4-6(11)5-10/h4-5,8-9,11-12,17-18,31H,6-7,10,13-16H2,1-3H3;8,10H,3-5H2,1-2H3. The minimum Gasteiger partial charge on any atom is -0.507 e. The number of aromatic hydroxyl groups is 1. The molecule has 0 saturated carbocycles. The molecule has 1 fully saturated rings. The van der Waals surface area contributed by atoms with Crippen LogP contribution in [0.3, 0.4) is 0 Å². The van der Waals surface area contributed by atoms with Crippen LogP contribution in [0, 0.1) is 12.8 Å². The zero-order chi connectivity index (χ0) is 32.2. The van der Waals surface area contributed by atoms with Crippen LogP contribution in [-0.4, -0.2) is 108 Å². The number of likely N-dealkylation sites (N-methyl/N-ethyl adjacent to an activating group) is 2. The topological polar surface area (TPSA) is 139 Å². The number of carbonyl (C=O) groups excluding carboxylic acids is 3. The predicted molar refractivity (Wildman–Crippen MR) is 173 cm³/mol. The molecule has 2 aromatic carbocycles. The van der Waals surface area contributed by atoms with Gasteiger partial charge in [0.05, 0.1) is 24.2 Å². The molecule has 1 aromatic heterocycles. The van der Waals surface area contributed by atoms with Crippen molar-refractivity contribution in [2.45, 2.75) is 40.0 Å². The summed E-state index contributed by atoms with van der Waals surface area (Å²) in [6.07, 6.45) is 2.68. The van der Waals surface area contributed by atoms with E-state index in [1.165, 1.54) is 11.9 Å². The molecule has 0 unspecified atom stereocenters. The summed E-state index contributed by atoms with van der Waals surface area (Å²) in [5.41, 5.74) is 2.61. The van der Waals surface area contributed by atoms with Crippen molar-refractivity contribution < 1.29 is 24.6 Å². The number of ketones is 1. The van der Waals surface area contributed by atoms with Crippen molar-refractivity contribution >= 4 is 34.3 Å². The number of nitrogens with zero attached hydrogens (tertiary/aromatic N) is 5. The van der Waals surface area contributed by atoms with Gasteiger partial charge < -0.3 is 30.2 Å². The van der Waals surface area contributed by atoms with Crippen LogP contribution in [0.4, 0.5) is 5.82 Å². The number of hydrogen-bond donors (Lipinski definition) is 3. The van der Waals surface area contributed by atoms with Gasteiger partial charge in [0.2, 0.25) is 11.8 Å². The Kier molecular flexibility index (Phi) is 13.0. The molecule has 238 valence electrons. The second-order valence-electron chi connectivity index (χ2n) is 11.5. The van der Waals surface area contributed by atoms with E-state index < -0.39 is 6.61 Å². The summed E-state index contributed by atoms with van der Waals surface area (Å²) in [7, 11) is 3.17. The summed E-state index contributed by atoms with van der Waals surface area (Å²) < 4.78 is 0. The number of phenols is 1. The molecule has 44 heavy (non-hydrogen) atoms. The highest BCUT2D eigenvalue weighted by Gasteiger charge is 2.24. The maximum Gasteiger partial charge on any atom is 0.236 e. The molecule has 0 atom stereocenters. The Morgan fingerprint density at radius 3 is 2.39 bits per heavy atom. The van der Waals surface area contributed by atoms with Crippen molar-refractivity contribution in [3.8, 4) is 17.1 Å². The highest BCUT2D eigenvalue weighted by Crippen LogP contribution is 2.32. The van der Waals surface area contributed by atoms with Gasteiger partial charge in [-0.3, -0.25) is 14.4 Å². The third-order valence-corrected chi connectivity index (χ3v) is 7.42. The summed E-state index contributed by atoms with van der Waals surface area (Å²) in [6, 6.07) is 13.4. The van der Waals surface area contributed by atoms with Gasteiger partial charge in [0.1, 0.15) is 18.2 Å². The van der Waals surface area contributed by atoms with E-state index >= 15 is 0 Å². The number of carbonyl (C=O) groups is 3. The molecule has 1 aliphatic heterocycles. The van der Waals surface area contributed by atoms with E-state index in [1.54, 1.807) is 19.2 Å². The fraction of sp³-hybridized carbons (Fsp3) is 0.485. The van der Waals surface area contributed by atoms with Crippen LogP contribution >= 0.6 is 0 Å². The van der Waals surface area contributed by atoms with Crippen molar-refractivity contribution in [3.63, 3.8) is 0 Å². The molecular formula is C33H46N6O5. The van der Waals surface area contributed by atoms with Crippen LogP contribution in [0.5, 0.6) is 5.75 Å². The molecule has 2 amide bonds. The van der Waals surface area contributed by atoms with Crippen LogP contribution in [0.1, 0.15) is 38.7 Å². The number of rotatable bonds is 11. The number of phenolic OH excluding ortho intramolecular Hbond substituents is 1. The number of Topliss-reactive ketones (excluding diaryl/α,β-unsaturated/α-hetero) is 1. The van der Waals surface area contributed by atoms with Gasteiger partial charge >= 0.3 is 0 Å². The number of fused-ring (bicyclic) bond motifs is 1. The van der Waals surface area contributed by atoms with Gasteiger partial charge in [0.15, 0.2) is 11.6 Å². The summed E-state index contributed by atoms with van der Waals surface area (Å²) in [6.45, 7) is 8.95. The first kappa shape index (κ1) is 34.4. The minimum atomic E-state index is -0.517. The molecule has 1 saturated heterocycles. The lowest BCUT2D eigenvalue weighted by Crippen LogP contribution is -2.49. The fourth-order valence-corrected chi connectivity index (χ4v) is 4.92. The molecule has 11 nitrogen and oxygen atoms in total. The van der Waals surface area contributed by atoms with E-state index in [1.807, 2.05) is 24.0 Å². The van der Waals surface area contributed by atoms with E-state index in [-0.39, 0.29) is 36.4 Å². The van der Waals surface area contributed by atoms with Gasteiger partial charge in [-0.15, -0.1) is 0 Å². The second-order valence-corrected chi connectivity index (χ2v) is 11.5. The number of aliphatic hydroxyl groups excluding tert-OH is 1. The molecular weight excluding hydrogens is 560 g/mol. The number of aryl methyl sites for hydroxylation is 1. The highest BCUT2D eigenvalue weighted by atomic mass is 16.3. The summed E-state index contributed by atoms with van der Waals surface area (Å²) >= 11 is 0. The fourth-order valence-electron chi connectivity index (χ4n) is 4.92. The Labute approximate surface area is 259 Å². The van der Waals surface area contributed by atoms with Gasteiger partial charge in [-0.1, -0.05) is 38.5 Å². The first-order valence-corrected chi connectivity index (χ1v) is 15.1. The number of amides is 2. The zero-order valence-corrected chi connectivity index (χ0v) is 26.5. The average Bonchev–Trinajstić information content (AvgIpc) is 3.00. The average molecular weight is 607 g/mol. The molecule has 1 aliphatic rings. The first-order valence-electron chi connectivity index (χ1n) is 15.1. The van der Waals surface area contributed by atoms with E-state index in [0.717, 1.165) is 48.2 Å². The smallest absolute Gasteiger partial charge is 0.236 e. The molecule has 2 heterocycles. The summed E-state index contributed by atoms with van der Waals surface area (Å²) in [5.74, 6) is 1.91. The number of para-hydroxylation sites is 1. The monoisotopic (exact) mass is 606 g/mol. The lowest BCUT2D eigenvalue weighted by molar-refractivity contribution is -0.134. The maximum absolute atomic E-state index is 12.6. The molecule has 4 rings (SSSR count). The van der Waals surface area contributed by atoms with Gasteiger partial charge in [-0.05, 0) is 56.1 Å². The van der Waals surface area contributed by atoms with E-state index in [9.17, 15) is 19.5 Å². The Morgan fingerprint density at radius 2 is 1.75 bits per heavy atom. The van der Waals surface area contributed by atoms with Crippen LogP contribution in [0.15, 0.2) is 42.5 Å². The third-order valence-electron chi connectivity index (χ3n) is 7.42. The summed E-state index contributed by atoms with van der Waals surface area (Å²) in [5, 5.41) is 22.4. The van der Waals surface area contributed by atoms with Crippen LogP contribution in [0.25, 0.3) is 22.3 Å². The number of aromatic nitrogens is 2. The van der Waals surface area contributed by atoms with Gasteiger partial charge in [0.25, 0.3) is 0 Å². The SMILES string of the molecule is CNCC(=O)N(C)CC(=O)CO.Cc1ccc2c(N3CCN(C(=O)CCCC(C)C)CC3)nc(-c3ccccc3O)nc2c1. The molecule has 3 aromatic rings. The molecule has 0 aliphatic carbocycles. The Bertz CT molecular complexity index is 1420. The molecule has 11 heteroatoms. The minimum absolute atomic E-state index is 0.0307. The lowest BCUT2D eigenvalue weighted by Gasteiger charge is -2.36. The molecule has 3 N–H and O–H groups in total. The molecule has 0 spiro atoms. The van der Waals surface area contributed by atoms with Gasteiger partial charge in [-0.2, -0.15) is 0 Å². The Morgan fingerprint density at radius 1 is 1.05 bits per heavy atom. The second kappa shape index (κ2) is 16.7. The largest absolute Gasteiger partial charge is 0.507 e. The highest BCUT2D eigenvalue weighted by molar-refractivity contribution is 5.92. The third kappa shape index (κ3) is 9.72. The first-order chi connectivity index (χ1) is 21.0.